The van der Waals surface area contributed by atoms with Crippen LogP contribution in [-0.4, -0.2) is 33.6 Å². The molecular formula is C8H19BrNaP. The number of hydrogen-bond acceptors (Lipinski definition) is 0. The second-order valence-electron chi connectivity index (χ2n) is 2.79. The van der Waals surface area contributed by atoms with Crippen LogP contribution < -0.4 is 0 Å². The molecule has 0 aliphatic carbocycles. The predicted octanol–water partition coefficient (Wildman–Crippen LogP) is 3.15. The summed E-state index contributed by atoms with van der Waals surface area (Å²) in [4.78, 5) is 0. The molecule has 0 heterocycles. The molecule has 11 heavy (non-hydrogen) atoms. The summed E-state index contributed by atoms with van der Waals surface area (Å²) in [5.41, 5.74) is 0. The van der Waals surface area contributed by atoms with Crippen molar-refractivity contribution in [3.05, 3.63) is 0 Å². The molecule has 0 aliphatic heterocycles. The Morgan fingerprint density at radius 1 is 1.27 bits per heavy atom. The molecule has 0 amide bonds. The Balaban J connectivity index is 0. The van der Waals surface area contributed by atoms with Crippen molar-refractivity contribution >= 4 is 54.7 Å². The Kier molecular flexibility index (Phi) is 10.2. The van der Waals surface area contributed by atoms with Crippen LogP contribution in [0.4, 0.5) is 0 Å². The molecule has 2 unspecified atom stereocenters. The van der Waals surface area contributed by atoms with Gasteiger partial charge >= 0.3 is 29.6 Å². The van der Waals surface area contributed by atoms with Gasteiger partial charge in [-0.15, -0.1) is 9.24 Å². The maximum atomic E-state index is 3.73. The monoisotopic (exact) mass is 248 g/mol. The normalized spacial score (nSPS) is 15.8. The van der Waals surface area contributed by atoms with E-state index in [-0.39, 0.29) is 33.6 Å². The third-order valence-corrected chi connectivity index (χ3v) is 4.29. The summed E-state index contributed by atoms with van der Waals surface area (Å²) in [6, 6.07) is 0. The zero-order chi connectivity index (χ0) is 8.20. The van der Waals surface area contributed by atoms with Gasteiger partial charge in [0.2, 0.25) is 0 Å². The van der Waals surface area contributed by atoms with Crippen molar-refractivity contribution in [2.75, 3.05) is 0 Å². The molecule has 0 aromatic rings. The van der Waals surface area contributed by atoms with Crippen LogP contribution >= 0.6 is 25.2 Å². The summed E-state index contributed by atoms with van der Waals surface area (Å²) in [5, 5.41) is 0. The van der Waals surface area contributed by atoms with Crippen molar-refractivity contribution in [3.63, 3.8) is 0 Å². The first-order valence-electron chi connectivity index (χ1n) is 4.06. The van der Waals surface area contributed by atoms with Crippen molar-refractivity contribution in [2.24, 2.45) is 5.92 Å². The number of alkyl halides is 1. The molecule has 0 nitrogen and oxygen atoms in total. The molecule has 0 bridgehead atoms. The maximum absolute atomic E-state index is 3.73. The summed E-state index contributed by atoms with van der Waals surface area (Å²) >= 11 is 3.73. The first kappa shape index (κ1) is 15.4. The summed E-state index contributed by atoms with van der Waals surface area (Å²) < 4.78 is 0.288. The molecule has 0 aromatic carbocycles. The van der Waals surface area contributed by atoms with Gasteiger partial charge < -0.3 is 0 Å². The van der Waals surface area contributed by atoms with Gasteiger partial charge in [0.15, 0.2) is 0 Å². The van der Waals surface area contributed by atoms with E-state index in [9.17, 15) is 0 Å². The molecule has 0 saturated carbocycles. The molecule has 0 N–H and O–H groups in total. The van der Waals surface area contributed by atoms with Crippen LogP contribution in [-0.2, 0) is 0 Å². The number of halogens is 1. The van der Waals surface area contributed by atoms with Gasteiger partial charge in [-0.25, -0.2) is 0 Å². The van der Waals surface area contributed by atoms with Gasteiger partial charge in [-0.3, -0.25) is 0 Å². The van der Waals surface area contributed by atoms with E-state index in [1.54, 1.807) is 0 Å². The van der Waals surface area contributed by atoms with Crippen LogP contribution in [0.5, 0.6) is 0 Å². The Morgan fingerprint density at radius 3 is 1.73 bits per heavy atom. The molecule has 0 aromatic heterocycles. The minimum atomic E-state index is 0. The van der Waals surface area contributed by atoms with Crippen molar-refractivity contribution < 1.29 is 0 Å². The van der Waals surface area contributed by atoms with E-state index in [4.69, 9.17) is 0 Å². The second-order valence-corrected chi connectivity index (χ2v) is 6.15. The minimum absolute atomic E-state index is 0. The number of hydrogen-bond donors (Lipinski definition) is 0. The van der Waals surface area contributed by atoms with Gasteiger partial charge in [0.1, 0.15) is 0 Å². The molecule has 2 atom stereocenters. The molecule has 64 valence electrons. The van der Waals surface area contributed by atoms with Gasteiger partial charge in [0.25, 0.3) is 0 Å². The quantitative estimate of drug-likeness (QED) is 0.408. The van der Waals surface area contributed by atoms with Gasteiger partial charge in [-0.1, -0.05) is 49.5 Å². The Morgan fingerprint density at radius 2 is 1.64 bits per heavy atom. The molecular weight excluding hydrogens is 230 g/mol. The average molecular weight is 249 g/mol. The Hall–Kier alpha value is 1.91. The molecule has 3 heteroatoms. The molecule has 0 saturated heterocycles. The SMILES string of the molecule is CCC(CC)C(P)(Br)CC.[NaH]. The van der Waals surface area contributed by atoms with E-state index in [2.05, 4.69) is 45.9 Å². The molecule has 0 spiro atoms. The van der Waals surface area contributed by atoms with Crippen LogP contribution in [0.2, 0.25) is 0 Å². The molecule has 0 fully saturated rings. The van der Waals surface area contributed by atoms with Crippen LogP contribution in [0.1, 0.15) is 40.0 Å². The van der Waals surface area contributed by atoms with E-state index in [1.807, 2.05) is 0 Å². The van der Waals surface area contributed by atoms with Gasteiger partial charge in [0.05, 0.1) is 0 Å². The van der Waals surface area contributed by atoms with Crippen LogP contribution in [0, 0.1) is 5.92 Å². The van der Waals surface area contributed by atoms with Crippen molar-refractivity contribution in [1.82, 2.24) is 0 Å². The summed E-state index contributed by atoms with van der Waals surface area (Å²) in [5.74, 6) is 0.794. The third-order valence-electron chi connectivity index (χ3n) is 2.21. The summed E-state index contributed by atoms with van der Waals surface area (Å²) in [6.45, 7) is 6.73. The van der Waals surface area contributed by atoms with Crippen molar-refractivity contribution in [3.8, 4) is 0 Å². The second kappa shape index (κ2) is 7.33. The van der Waals surface area contributed by atoms with Crippen molar-refractivity contribution in [1.29, 1.82) is 0 Å². The Labute approximate surface area is 104 Å². The third kappa shape index (κ3) is 5.26. The van der Waals surface area contributed by atoms with E-state index in [1.165, 1.54) is 19.3 Å². The number of rotatable bonds is 4. The Bertz CT molecular complexity index is 92.1. The fraction of sp³-hybridized carbons (Fsp3) is 1.00. The topological polar surface area (TPSA) is 0 Å². The fourth-order valence-electron chi connectivity index (χ4n) is 1.26. The summed E-state index contributed by atoms with van der Waals surface area (Å²) in [6.07, 6.45) is 3.71. The molecule has 0 rings (SSSR count). The molecule has 0 radical (unpaired) electrons. The van der Waals surface area contributed by atoms with Gasteiger partial charge in [-0.2, -0.15) is 0 Å². The van der Waals surface area contributed by atoms with E-state index in [0.29, 0.717) is 0 Å². The van der Waals surface area contributed by atoms with Gasteiger partial charge in [0, 0.05) is 4.07 Å². The summed E-state index contributed by atoms with van der Waals surface area (Å²) in [7, 11) is 2.91. The molecule has 0 aliphatic rings. The zero-order valence-electron chi connectivity index (χ0n) is 7.15. The first-order valence-corrected chi connectivity index (χ1v) is 5.43. The van der Waals surface area contributed by atoms with Crippen LogP contribution in [0.3, 0.4) is 0 Å². The van der Waals surface area contributed by atoms with Crippen LogP contribution in [0.25, 0.3) is 0 Å². The van der Waals surface area contributed by atoms with Gasteiger partial charge in [-0.05, 0) is 12.3 Å². The standard InChI is InChI=1S/C8H18BrP.Na.H/c1-4-7(5-2)8(9,10)6-3;;/h7H,4-6,10H2,1-3H3;;. The zero-order valence-corrected chi connectivity index (χ0v) is 9.89. The fourth-order valence-corrected chi connectivity index (χ4v) is 2.37. The first-order chi connectivity index (χ1) is 4.58. The van der Waals surface area contributed by atoms with Crippen molar-refractivity contribution in [2.45, 2.75) is 44.1 Å². The van der Waals surface area contributed by atoms with E-state index >= 15 is 0 Å². The van der Waals surface area contributed by atoms with Crippen LogP contribution in [0.15, 0.2) is 0 Å². The predicted molar refractivity (Wildman–Crippen MR) is 62.9 cm³/mol. The van der Waals surface area contributed by atoms with E-state index < -0.39 is 0 Å². The average Bonchev–Trinajstić information content (AvgIpc) is 1.90. The van der Waals surface area contributed by atoms with E-state index in [0.717, 1.165) is 5.92 Å².